The molecule has 6 heteroatoms. The highest BCUT2D eigenvalue weighted by Crippen LogP contribution is 2.22. The molecule has 4 aromatic rings. The summed E-state index contributed by atoms with van der Waals surface area (Å²) < 4.78 is 1.51. The third kappa shape index (κ3) is 3.23. The number of carbonyl (C=O) groups is 1. The molecule has 0 saturated carbocycles. The predicted octanol–water partition coefficient (Wildman–Crippen LogP) is 2.97. The van der Waals surface area contributed by atoms with Crippen molar-refractivity contribution in [2.75, 3.05) is 6.54 Å². The van der Waals surface area contributed by atoms with Crippen molar-refractivity contribution < 1.29 is 4.79 Å². The molecule has 2 aromatic heterocycles. The summed E-state index contributed by atoms with van der Waals surface area (Å²) >= 11 is 0. The van der Waals surface area contributed by atoms with Crippen LogP contribution in [0, 0.1) is 0 Å². The van der Waals surface area contributed by atoms with Crippen molar-refractivity contribution in [1.82, 2.24) is 19.7 Å². The molecule has 0 bridgehead atoms. The summed E-state index contributed by atoms with van der Waals surface area (Å²) in [5.74, 6) is -0.0192. The number of aromatic nitrogens is 3. The molecule has 1 aliphatic heterocycles. The Morgan fingerprint density at radius 3 is 2.79 bits per heavy atom. The van der Waals surface area contributed by atoms with Gasteiger partial charge in [0.25, 0.3) is 11.5 Å². The Labute approximate surface area is 167 Å². The van der Waals surface area contributed by atoms with E-state index in [1.165, 1.54) is 4.68 Å². The number of aromatic amines is 1. The second-order valence-electron chi connectivity index (χ2n) is 7.32. The molecule has 144 valence electrons. The fourth-order valence-corrected chi connectivity index (χ4v) is 3.92. The molecule has 2 aromatic carbocycles. The first kappa shape index (κ1) is 17.4. The van der Waals surface area contributed by atoms with Gasteiger partial charge in [0.2, 0.25) is 0 Å². The van der Waals surface area contributed by atoms with Gasteiger partial charge in [0.15, 0.2) is 0 Å². The Kier molecular flexibility index (Phi) is 4.24. The van der Waals surface area contributed by atoms with E-state index in [9.17, 15) is 9.59 Å². The first-order valence-corrected chi connectivity index (χ1v) is 9.68. The minimum absolute atomic E-state index is 0.0192. The third-order valence-corrected chi connectivity index (χ3v) is 5.43. The van der Waals surface area contributed by atoms with Crippen molar-refractivity contribution in [2.45, 2.75) is 19.5 Å². The van der Waals surface area contributed by atoms with Crippen LogP contribution in [0.3, 0.4) is 0 Å². The second-order valence-corrected chi connectivity index (χ2v) is 7.32. The van der Waals surface area contributed by atoms with E-state index in [0.29, 0.717) is 31.6 Å². The molecule has 5 rings (SSSR count). The first-order chi connectivity index (χ1) is 14.2. The third-order valence-electron chi connectivity index (χ3n) is 5.43. The van der Waals surface area contributed by atoms with Crippen LogP contribution < -0.4 is 5.56 Å². The number of fused-ring (bicyclic) bond motifs is 2. The van der Waals surface area contributed by atoms with Crippen molar-refractivity contribution in [3.8, 4) is 0 Å². The van der Waals surface area contributed by atoms with Crippen LogP contribution in [-0.2, 0) is 19.5 Å². The molecule has 1 N–H and O–H groups in total. The number of benzene rings is 2. The van der Waals surface area contributed by atoms with E-state index >= 15 is 0 Å². The van der Waals surface area contributed by atoms with Crippen LogP contribution in [0.4, 0.5) is 0 Å². The van der Waals surface area contributed by atoms with E-state index in [2.05, 4.69) is 10.1 Å². The molecular weight excluding hydrogens is 364 g/mol. The van der Waals surface area contributed by atoms with Crippen molar-refractivity contribution >= 4 is 16.8 Å². The van der Waals surface area contributed by atoms with Crippen LogP contribution >= 0.6 is 0 Å². The predicted molar refractivity (Wildman–Crippen MR) is 111 cm³/mol. The van der Waals surface area contributed by atoms with Gasteiger partial charge in [-0.05, 0) is 23.8 Å². The summed E-state index contributed by atoms with van der Waals surface area (Å²) in [5.41, 5.74) is 4.24. The quantitative estimate of drug-likeness (QED) is 0.590. The SMILES string of the molecule is O=C(c1cccc2[nH]ccc12)N1CCc2nn(Cc3ccccc3)c(=O)cc2C1. The zero-order chi connectivity index (χ0) is 19.8. The Hall–Kier alpha value is -3.67. The zero-order valence-corrected chi connectivity index (χ0v) is 15.8. The molecule has 3 heterocycles. The van der Waals surface area contributed by atoms with Crippen LogP contribution in [0.15, 0.2) is 71.7 Å². The highest BCUT2D eigenvalue weighted by atomic mass is 16.2. The van der Waals surface area contributed by atoms with Crippen LogP contribution in [0.1, 0.15) is 27.2 Å². The molecule has 0 aliphatic carbocycles. The summed E-state index contributed by atoms with van der Waals surface area (Å²) in [4.78, 5) is 30.6. The monoisotopic (exact) mass is 384 g/mol. The fourth-order valence-electron chi connectivity index (χ4n) is 3.92. The number of rotatable bonds is 3. The van der Waals surface area contributed by atoms with Crippen LogP contribution in [0.25, 0.3) is 10.9 Å². The molecule has 29 heavy (non-hydrogen) atoms. The van der Waals surface area contributed by atoms with Gasteiger partial charge in [-0.2, -0.15) is 5.10 Å². The molecule has 1 aliphatic rings. The number of nitrogens with one attached hydrogen (secondary N) is 1. The van der Waals surface area contributed by atoms with Gasteiger partial charge in [-0.3, -0.25) is 9.59 Å². The molecule has 0 unspecified atom stereocenters. The Bertz CT molecular complexity index is 1260. The van der Waals surface area contributed by atoms with Crippen molar-refractivity contribution in [3.05, 3.63) is 99.6 Å². The summed E-state index contributed by atoms with van der Waals surface area (Å²) in [6, 6.07) is 19.1. The maximum absolute atomic E-state index is 13.1. The molecule has 0 radical (unpaired) electrons. The number of amides is 1. The van der Waals surface area contributed by atoms with Crippen molar-refractivity contribution in [3.63, 3.8) is 0 Å². The topological polar surface area (TPSA) is 71.0 Å². The molecule has 0 atom stereocenters. The summed E-state index contributed by atoms with van der Waals surface area (Å²) in [7, 11) is 0. The van der Waals surface area contributed by atoms with Gasteiger partial charge < -0.3 is 9.88 Å². The molecule has 6 nitrogen and oxygen atoms in total. The Balaban J connectivity index is 1.41. The highest BCUT2D eigenvalue weighted by Gasteiger charge is 2.25. The minimum Gasteiger partial charge on any atom is -0.361 e. The summed E-state index contributed by atoms with van der Waals surface area (Å²) in [6.45, 7) is 1.44. The molecular formula is C23H20N4O2. The van der Waals surface area contributed by atoms with Gasteiger partial charge in [-0.15, -0.1) is 0 Å². The normalized spacial score (nSPS) is 13.4. The van der Waals surface area contributed by atoms with Crippen LogP contribution in [0.2, 0.25) is 0 Å². The minimum atomic E-state index is -0.144. The van der Waals surface area contributed by atoms with Crippen molar-refractivity contribution in [2.24, 2.45) is 0 Å². The number of hydrogen-bond donors (Lipinski definition) is 1. The molecule has 0 spiro atoms. The fraction of sp³-hybridized carbons (Fsp3) is 0.174. The second kappa shape index (κ2) is 7.05. The largest absolute Gasteiger partial charge is 0.361 e. The van der Waals surface area contributed by atoms with E-state index < -0.39 is 0 Å². The molecule has 1 amide bonds. The zero-order valence-electron chi connectivity index (χ0n) is 15.8. The van der Waals surface area contributed by atoms with Gasteiger partial charge in [0.1, 0.15) is 0 Å². The van der Waals surface area contributed by atoms with Crippen LogP contribution in [-0.4, -0.2) is 32.1 Å². The van der Waals surface area contributed by atoms with Crippen molar-refractivity contribution in [1.29, 1.82) is 0 Å². The van der Waals surface area contributed by atoms with Gasteiger partial charge in [-0.25, -0.2) is 4.68 Å². The Morgan fingerprint density at radius 2 is 1.93 bits per heavy atom. The lowest BCUT2D eigenvalue weighted by Crippen LogP contribution is -2.38. The Morgan fingerprint density at radius 1 is 1.07 bits per heavy atom. The lowest BCUT2D eigenvalue weighted by molar-refractivity contribution is 0.0734. The molecule has 0 fully saturated rings. The number of H-pyrrole nitrogens is 1. The highest BCUT2D eigenvalue weighted by molar-refractivity contribution is 6.06. The maximum Gasteiger partial charge on any atom is 0.267 e. The van der Waals surface area contributed by atoms with E-state index in [1.807, 2.05) is 60.8 Å². The smallest absolute Gasteiger partial charge is 0.267 e. The number of nitrogens with zero attached hydrogens (tertiary/aromatic N) is 3. The van der Waals surface area contributed by atoms with Gasteiger partial charge in [0, 0.05) is 53.8 Å². The lowest BCUT2D eigenvalue weighted by atomic mass is 10.0. The van der Waals surface area contributed by atoms with Gasteiger partial charge in [0.05, 0.1) is 12.2 Å². The maximum atomic E-state index is 13.1. The average molecular weight is 384 g/mol. The summed E-state index contributed by atoms with van der Waals surface area (Å²) in [5, 5.41) is 5.49. The van der Waals surface area contributed by atoms with E-state index in [4.69, 9.17) is 0 Å². The molecule has 0 saturated heterocycles. The number of carbonyl (C=O) groups excluding carboxylic acids is 1. The van der Waals surface area contributed by atoms with E-state index in [1.54, 1.807) is 11.0 Å². The standard InChI is InChI=1S/C23H20N4O2/c28-22-13-17-15-26(23(29)19-7-4-8-21-18(19)9-11-24-21)12-10-20(17)25-27(22)14-16-5-2-1-3-6-16/h1-9,11,13,24H,10,12,14-15H2. The number of hydrogen-bond acceptors (Lipinski definition) is 3. The first-order valence-electron chi connectivity index (χ1n) is 9.68. The van der Waals surface area contributed by atoms with Gasteiger partial charge >= 0.3 is 0 Å². The average Bonchev–Trinajstić information content (AvgIpc) is 3.23. The van der Waals surface area contributed by atoms with E-state index in [0.717, 1.165) is 27.7 Å². The lowest BCUT2D eigenvalue weighted by Gasteiger charge is -2.28. The van der Waals surface area contributed by atoms with E-state index in [-0.39, 0.29) is 11.5 Å². The summed E-state index contributed by atoms with van der Waals surface area (Å²) in [6.07, 6.45) is 2.48. The van der Waals surface area contributed by atoms with Gasteiger partial charge in [-0.1, -0.05) is 36.4 Å². The van der Waals surface area contributed by atoms with Crippen LogP contribution in [0.5, 0.6) is 0 Å².